The Bertz CT molecular complexity index is 586. The topological polar surface area (TPSA) is 95.6 Å². The number of nitrogens with zero attached hydrogens (tertiary/aromatic N) is 3. The van der Waals surface area contributed by atoms with Crippen LogP contribution in [0, 0.1) is 0 Å². The third-order valence-electron chi connectivity index (χ3n) is 2.73. The van der Waals surface area contributed by atoms with Crippen LogP contribution in [0.2, 0.25) is 5.02 Å². The highest BCUT2D eigenvalue weighted by Crippen LogP contribution is 2.16. The van der Waals surface area contributed by atoms with E-state index in [-0.39, 0.29) is 11.6 Å². The molecule has 1 amide bonds. The number of hydrogen-bond acceptors (Lipinski definition) is 5. The van der Waals surface area contributed by atoms with Gasteiger partial charge in [0.05, 0.1) is 5.02 Å². The molecule has 0 radical (unpaired) electrons. The van der Waals surface area contributed by atoms with E-state index in [1.807, 2.05) is 0 Å². The molecule has 0 aromatic carbocycles. The van der Waals surface area contributed by atoms with Crippen LogP contribution in [0.5, 0.6) is 0 Å². The van der Waals surface area contributed by atoms with Gasteiger partial charge in [-0.05, 0) is 18.6 Å². The summed E-state index contributed by atoms with van der Waals surface area (Å²) in [5, 5.41) is 12.7. The van der Waals surface area contributed by atoms with Crippen LogP contribution in [0.25, 0.3) is 0 Å². The first kappa shape index (κ1) is 15.2. The molecular formula is C13H17ClN6O. The fourth-order valence-corrected chi connectivity index (χ4v) is 1.87. The van der Waals surface area contributed by atoms with Crippen LogP contribution >= 0.6 is 11.6 Å². The maximum atomic E-state index is 12.1. The number of carbonyl (C=O) groups excluding carboxylic acids is 1. The van der Waals surface area contributed by atoms with Crippen LogP contribution in [0.15, 0.2) is 18.5 Å². The first-order valence-electron chi connectivity index (χ1n) is 6.73. The summed E-state index contributed by atoms with van der Waals surface area (Å²) in [6.45, 7) is 3.28. The first-order chi connectivity index (χ1) is 10.2. The molecule has 0 saturated carbocycles. The van der Waals surface area contributed by atoms with Gasteiger partial charge in [0.2, 0.25) is 0 Å². The van der Waals surface area contributed by atoms with E-state index in [0.717, 1.165) is 13.0 Å². The molecule has 3 N–H and O–H groups in total. The van der Waals surface area contributed by atoms with Gasteiger partial charge in [0.15, 0.2) is 0 Å². The van der Waals surface area contributed by atoms with Crippen LogP contribution in [0.1, 0.15) is 29.7 Å². The summed E-state index contributed by atoms with van der Waals surface area (Å²) in [6.07, 6.45) is 2.97. The third kappa shape index (κ3) is 4.42. The van der Waals surface area contributed by atoms with Crippen molar-refractivity contribution in [3.05, 3.63) is 35.0 Å². The number of carbonyl (C=O) groups is 1. The summed E-state index contributed by atoms with van der Waals surface area (Å²) >= 11 is 6.02. The molecule has 0 bridgehead atoms. The number of H-pyrrole nitrogens is 1. The molecule has 21 heavy (non-hydrogen) atoms. The molecule has 2 heterocycles. The van der Waals surface area contributed by atoms with Gasteiger partial charge >= 0.3 is 0 Å². The summed E-state index contributed by atoms with van der Waals surface area (Å²) < 4.78 is 0. The molecule has 0 saturated heterocycles. The minimum atomic E-state index is -0.306. The molecule has 0 aliphatic heterocycles. The summed E-state index contributed by atoms with van der Waals surface area (Å²) in [4.78, 5) is 20.3. The second kappa shape index (κ2) is 7.58. The number of anilines is 1. The van der Waals surface area contributed by atoms with Gasteiger partial charge in [0.25, 0.3) is 5.91 Å². The fraction of sp³-hybridized carbons (Fsp3) is 0.385. The van der Waals surface area contributed by atoms with E-state index in [1.165, 1.54) is 6.33 Å². The van der Waals surface area contributed by atoms with Gasteiger partial charge in [0.1, 0.15) is 23.7 Å². The smallest absolute Gasteiger partial charge is 0.271 e. The molecule has 2 aromatic rings. The van der Waals surface area contributed by atoms with Crippen molar-refractivity contribution in [1.82, 2.24) is 25.5 Å². The minimum absolute atomic E-state index is 0.218. The lowest BCUT2D eigenvalue weighted by atomic mass is 10.3. The predicted octanol–water partition coefficient (Wildman–Crippen LogP) is 1.65. The fourth-order valence-electron chi connectivity index (χ4n) is 1.68. The molecule has 0 fully saturated rings. The number of nitrogens with one attached hydrogen (secondary N) is 3. The SMILES string of the molecule is CCCNc1ccc(Cl)c(C(=O)NCCc2ncn[nH]2)n1. The van der Waals surface area contributed by atoms with Crippen molar-refractivity contribution >= 4 is 23.3 Å². The average molecular weight is 309 g/mol. The summed E-state index contributed by atoms with van der Waals surface area (Å²) in [7, 11) is 0. The number of halogens is 1. The predicted molar refractivity (Wildman–Crippen MR) is 80.4 cm³/mol. The van der Waals surface area contributed by atoms with Crippen LogP contribution in [0.3, 0.4) is 0 Å². The zero-order chi connectivity index (χ0) is 15.1. The second-order valence-electron chi connectivity index (χ2n) is 4.39. The summed E-state index contributed by atoms with van der Waals surface area (Å²) in [6, 6.07) is 3.42. The molecule has 0 atom stereocenters. The standard InChI is InChI=1S/C13H17ClN6O/c1-2-6-15-10-4-3-9(14)12(19-10)13(21)16-7-5-11-17-8-18-20-11/h3-4,8H,2,5-7H2,1H3,(H,15,19)(H,16,21)(H,17,18,20). The van der Waals surface area contributed by atoms with Gasteiger partial charge in [-0.15, -0.1) is 0 Å². The third-order valence-corrected chi connectivity index (χ3v) is 3.03. The van der Waals surface area contributed by atoms with Crippen molar-refractivity contribution < 1.29 is 4.79 Å². The molecule has 0 unspecified atom stereocenters. The van der Waals surface area contributed by atoms with Crippen molar-refractivity contribution in [3.63, 3.8) is 0 Å². The molecule has 2 rings (SSSR count). The normalized spacial score (nSPS) is 10.4. The molecule has 0 aliphatic carbocycles. The Kier molecular flexibility index (Phi) is 5.51. The van der Waals surface area contributed by atoms with Gasteiger partial charge in [-0.3, -0.25) is 9.89 Å². The Morgan fingerprint density at radius 1 is 1.38 bits per heavy atom. The van der Waals surface area contributed by atoms with Gasteiger partial charge in [-0.1, -0.05) is 18.5 Å². The van der Waals surface area contributed by atoms with Crippen molar-refractivity contribution in [2.24, 2.45) is 0 Å². The Morgan fingerprint density at radius 2 is 2.24 bits per heavy atom. The lowest BCUT2D eigenvalue weighted by molar-refractivity contribution is 0.0949. The Balaban J connectivity index is 1.94. The van der Waals surface area contributed by atoms with E-state index in [0.29, 0.717) is 29.6 Å². The maximum Gasteiger partial charge on any atom is 0.271 e. The van der Waals surface area contributed by atoms with Crippen LogP contribution < -0.4 is 10.6 Å². The van der Waals surface area contributed by atoms with Gasteiger partial charge in [-0.25, -0.2) is 9.97 Å². The molecule has 8 heteroatoms. The number of hydrogen-bond donors (Lipinski definition) is 3. The molecule has 112 valence electrons. The van der Waals surface area contributed by atoms with Crippen molar-refractivity contribution in [1.29, 1.82) is 0 Å². The minimum Gasteiger partial charge on any atom is -0.370 e. The molecular weight excluding hydrogens is 292 g/mol. The van der Waals surface area contributed by atoms with Gasteiger partial charge in [0, 0.05) is 19.5 Å². The van der Waals surface area contributed by atoms with Crippen molar-refractivity contribution in [3.8, 4) is 0 Å². The quantitative estimate of drug-likeness (QED) is 0.723. The van der Waals surface area contributed by atoms with E-state index in [1.54, 1.807) is 12.1 Å². The highest BCUT2D eigenvalue weighted by atomic mass is 35.5. The van der Waals surface area contributed by atoms with Crippen LogP contribution in [-0.2, 0) is 6.42 Å². The lowest BCUT2D eigenvalue weighted by Crippen LogP contribution is -2.27. The van der Waals surface area contributed by atoms with E-state index in [2.05, 4.69) is 37.7 Å². The largest absolute Gasteiger partial charge is 0.370 e. The zero-order valence-corrected chi connectivity index (χ0v) is 12.4. The van der Waals surface area contributed by atoms with Crippen LogP contribution in [0.4, 0.5) is 5.82 Å². The van der Waals surface area contributed by atoms with Crippen molar-refractivity contribution in [2.45, 2.75) is 19.8 Å². The second-order valence-corrected chi connectivity index (χ2v) is 4.80. The average Bonchev–Trinajstić information content (AvgIpc) is 2.99. The Labute approximate surface area is 127 Å². The van der Waals surface area contributed by atoms with Gasteiger partial charge in [-0.2, -0.15) is 5.10 Å². The molecule has 2 aromatic heterocycles. The van der Waals surface area contributed by atoms with Crippen molar-refractivity contribution in [2.75, 3.05) is 18.4 Å². The summed E-state index contributed by atoms with van der Waals surface area (Å²) in [5.41, 5.74) is 0.218. The number of amides is 1. The molecule has 0 spiro atoms. The lowest BCUT2D eigenvalue weighted by Gasteiger charge is -2.08. The highest BCUT2D eigenvalue weighted by molar-refractivity contribution is 6.33. The zero-order valence-electron chi connectivity index (χ0n) is 11.7. The van der Waals surface area contributed by atoms with Crippen LogP contribution in [-0.4, -0.2) is 39.2 Å². The number of pyridine rings is 1. The Hall–Kier alpha value is -2.15. The molecule has 7 nitrogen and oxygen atoms in total. The summed E-state index contributed by atoms with van der Waals surface area (Å²) in [5.74, 6) is 1.05. The van der Waals surface area contributed by atoms with E-state index in [4.69, 9.17) is 11.6 Å². The monoisotopic (exact) mass is 308 g/mol. The molecule has 0 aliphatic rings. The number of rotatable bonds is 7. The first-order valence-corrected chi connectivity index (χ1v) is 7.11. The highest BCUT2D eigenvalue weighted by Gasteiger charge is 2.13. The van der Waals surface area contributed by atoms with E-state index < -0.39 is 0 Å². The maximum absolute atomic E-state index is 12.1. The Morgan fingerprint density at radius 3 is 2.95 bits per heavy atom. The van der Waals surface area contributed by atoms with Gasteiger partial charge < -0.3 is 10.6 Å². The number of aromatic nitrogens is 4. The number of aromatic amines is 1. The van der Waals surface area contributed by atoms with E-state index >= 15 is 0 Å². The van der Waals surface area contributed by atoms with E-state index in [9.17, 15) is 4.79 Å².